The van der Waals surface area contributed by atoms with Gasteiger partial charge in [0, 0.05) is 19.7 Å². The van der Waals surface area contributed by atoms with Gasteiger partial charge in [0.2, 0.25) is 0 Å². The first kappa shape index (κ1) is 13.7. The topological polar surface area (TPSA) is 77.9 Å². The molecule has 0 aliphatic carbocycles. The van der Waals surface area contributed by atoms with E-state index in [0.717, 1.165) is 10.7 Å². The average Bonchev–Trinajstić information content (AvgIpc) is 2.36. The molecule has 0 saturated carbocycles. The van der Waals surface area contributed by atoms with E-state index in [1.165, 1.54) is 30.1 Å². The number of carbonyl (C=O) groups excluding carboxylic acids is 1. The number of rotatable bonds is 3. The molecule has 0 fully saturated rings. The zero-order valence-electron chi connectivity index (χ0n) is 10.8. The van der Waals surface area contributed by atoms with Crippen LogP contribution in [0.25, 0.3) is 0 Å². The normalized spacial score (nSPS) is 17.5. The molecule has 6 nitrogen and oxygen atoms in total. The summed E-state index contributed by atoms with van der Waals surface area (Å²) in [5.74, 6) is -0.0735. The van der Waals surface area contributed by atoms with Gasteiger partial charge in [-0.2, -0.15) is 0 Å². The zero-order valence-corrected chi connectivity index (χ0v) is 11.6. The van der Waals surface area contributed by atoms with E-state index in [2.05, 4.69) is 0 Å². The SMILES string of the molecule is CCCCN1C(=O)N(C)c2cc(O)ccc2S1(=O)=O. The molecule has 104 valence electrons. The minimum Gasteiger partial charge on any atom is -0.508 e. The van der Waals surface area contributed by atoms with Crippen LogP contribution in [0.3, 0.4) is 0 Å². The molecule has 0 atom stereocenters. The van der Waals surface area contributed by atoms with Gasteiger partial charge < -0.3 is 5.11 Å². The van der Waals surface area contributed by atoms with Crippen LogP contribution in [0.2, 0.25) is 0 Å². The molecular weight excluding hydrogens is 268 g/mol. The first-order valence-corrected chi connectivity index (χ1v) is 7.47. The minimum atomic E-state index is -3.82. The van der Waals surface area contributed by atoms with Gasteiger partial charge in [-0.25, -0.2) is 17.5 Å². The smallest absolute Gasteiger partial charge is 0.338 e. The molecule has 1 N–H and O–H groups in total. The lowest BCUT2D eigenvalue weighted by Gasteiger charge is -2.34. The molecule has 0 bridgehead atoms. The van der Waals surface area contributed by atoms with Gasteiger partial charge in [0.15, 0.2) is 0 Å². The first-order valence-electron chi connectivity index (χ1n) is 6.03. The lowest BCUT2D eigenvalue weighted by Crippen LogP contribution is -2.49. The van der Waals surface area contributed by atoms with Gasteiger partial charge in [-0.15, -0.1) is 0 Å². The maximum atomic E-state index is 12.4. The van der Waals surface area contributed by atoms with Gasteiger partial charge in [0.05, 0.1) is 5.69 Å². The van der Waals surface area contributed by atoms with E-state index in [-0.39, 0.29) is 22.9 Å². The van der Waals surface area contributed by atoms with Crippen LogP contribution in [-0.4, -0.2) is 37.5 Å². The Kier molecular flexibility index (Phi) is 3.40. The fourth-order valence-corrected chi connectivity index (χ4v) is 3.63. The van der Waals surface area contributed by atoms with Crippen LogP contribution < -0.4 is 4.90 Å². The Morgan fingerprint density at radius 2 is 2.00 bits per heavy atom. The summed E-state index contributed by atoms with van der Waals surface area (Å²) >= 11 is 0. The summed E-state index contributed by atoms with van der Waals surface area (Å²) in [5, 5.41) is 9.42. The Balaban J connectivity index is 2.56. The van der Waals surface area contributed by atoms with Crippen LogP contribution in [0.4, 0.5) is 10.5 Å². The van der Waals surface area contributed by atoms with E-state index in [0.29, 0.717) is 6.42 Å². The Bertz CT molecular complexity index is 612. The quantitative estimate of drug-likeness (QED) is 0.917. The number of hydrogen-bond donors (Lipinski definition) is 1. The molecule has 0 saturated heterocycles. The average molecular weight is 284 g/mol. The number of amides is 2. The third kappa shape index (κ3) is 2.14. The molecule has 1 heterocycles. The molecule has 1 aromatic carbocycles. The molecule has 7 heteroatoms. The van der Waals surface area contributed by atoms with Gasteiger partial charge in [0.25, 0.3) is 10.0 Å². The largest absolute Gasteiger partial charge is 0.508 e. The lowest BCUT2D eigenvalue weighted by atomic mass is 10.3. The van der Waals surface area contributed by atoms with Crippen molar-refractivity contribution in [3.05, 3.63) is 18.2 Å². The number of aromatic hydroxyl groups is 1. The fraction of sp³-hybridized carbons (Fsp3) is 0.417. The number of fused-ring (bicyclic) bond motifs is 1. The Morgan fingerprint density at radius 3 is 2.63 bits per heavy atom. The number of benzene rings is 1. The second-order valence-corrected chi connectivity index (χ2v) is 6.26. The summed E-state index contributed by atoms with van der Waals surface area (Å²) in [6.45, 7) is 2.10. The number of sulfonamides is 1. The van der Waals surface area contributed by atoms with Gasteiger partial charge in [0.1, 0.15) is 10.6 Å². The van der Waals surface area contributed by atoms with E-state index in [1.54, 1.807) is 0 Å². The van der Waals surface area contributed by atoms with Gasteiger partial charge in [-0.05, 0) is 18.6 Å². The van der Waals surface area contributed by atoms with Crippen LogP contribution in [-0.2, 0) is 10.0 Å². The molecule has 2 rings (SSSR count). The van der Waals surface area contributed by atoms with Crippen molar-refractivity contribution in [3.63, 3.8) is 0 Å². The summed E-state index contributed by atoms with van der Waals surface area (Å²) in [7, 11) is -2.33. The van der Waals surface area contributed by atoms with Crippen molar-refractivity contribution in [1.82, 2.24) is 4.31 Å². The summed E-state index contributed by atoms with van der Waals surface area (Å²) < 4.78 is 25.6. The Morgan fingerprint density at radius 1 is 1.32 bits per heavy atom. The van der Waals surface area contributed by atoms with Crippen LogP contribution in [0.1, 0.15) is 19.8 Å². The highest BCUT2D eigenvalue weighted by atomic mass is 32.2. The van der Waals surface area contributed by atoms with E-state index in [4.69, 9.17) is 0 Å². The molecule has 1 aromatic rings. The molecule has 19 heavy (non-hydrogen) atoms. The zero-order chi connectivity index (χ0) is 14.2. The maximum Gasteiger partial charge on any atom is 0.338 e. The third-order valence-electron chi connectivity index (χ3n) is 3.09. The van der Waals surface area contributed by atoms with Crippen molar-refractivity contribution >= 4 is 21.7 Å². The molecule has 1 aliphatic heterocycles. The summed E-state index contributed by atoms with van der Waals surface area (Å²) in [6.07, 6.45) is 1.41. The first-order chi connectivity index (χ1) is 8.89. The highest BCUT2D eigenvalue weighted by Crippen LogP contribution is 2.35. The van der Waals surface area contributed by atoms with Crippen molar-refractivity contribution in [2.45, 2.75) is 24.7 Å². The number of phenols is 1. The van der Waals surface area contributed by atoms with Crippen LogP contribution in [0.5, 0.6) is 5.75 Å². The van der Waals surface area contributed by atoms with Crippen LogP contribution in [0, 0.1) is 0 Å². The highest BCUT2D eigenvalue weighted by molar-refractivity contribution is 7.90. The predicted molar refractivity (Wildman–Crippen MR) is 70.7 cm³/mol. The number of anilines is 1. The number of nitrogens with zero attached hydrogens (tertiary/aromatic N) is 2. The van der Waals surface area contributed by atoms with E-state index < -0.39 is 16.1 Å². The molecule has 2 amide bonds. The molecule has 0 spiro atoms. The van der Waals surface area contributed by atoms with Gasteiger partial charge >= 0.3 is 6.03 Å². The number of phenolic OH excluding ortho intramolecular Hbond substituents is 1. The second kappa shape index (κ2) is 4.73. The van der Waals surface area contributed by atoms with E-state index in [9.17, 15) is 18.3 Å². The van der Waals surface area contributed by atoms with Gasteiger partial charge in [-0.1, -0.05) is 13.3 Å². The molecule has 0 radical (unpaired) electrons. The van der Waals surface area contributed by atoms with Crippen molar-refractivity contribution in [3.8, 4) is 5.75 Å². The highest BCUT2D eigenvalue weighted by Gasteiger charge is 2.39. The maximum absolute atomic E-state index is 12.4. The summed E-state index contributed by atoms with van der Waals surface area (Å²) in [6, 6.07) is 3.31. The summed E-state index contributed by atoms with van der Waals surface area (Å²) in [4.78, 5) is 13.4. The standard InChI is InChI=1S/C12H16N2O4S/c1-3-4-7-14-12(16)13(2)10-8-9(15)5-6-11(10)19(14,17)18/h5-6,8,15H,3-4,7H2,1-2H3. The molecule has 1 aliphatic rings. The molecular formula is C12H16N2O4S. The number of urea groups is 1. The number of unbranched alkanes of at least 4 members (excludes halogenated alkanes) is 1. The summed E-state index contributed by atoms with van der Waals surface area (Å²) in [5.41, 5.74) is 0.206. The van der Waals surface area contributed by atoms with Crippen LogP contribution in [0.15, 0.2) is 23.1 Å². The number of hydrogen-bond acceptors (Lipinski definition) is 4. The van der Waals surface area contributed by atoms with Crippen molar-refractivity contribution in [2.24, 2.45) is 0 Å². The fourth-order valence-electron chi connectivity index (χ4n) is 2.00. The Labute approximate surface area is 112 Å². The van der Waals surface area contributed by atoms with Crippen molar-refractivity contribution in [1.29, 1.82) is 0 Å². The van der Waals surface area contributed by atoms with E-state index in [1.807, 2.05) is 6.92 Å². The van der Waals surface area contributed by atoms with E-state index >= 15 is 0 Å². The number of carbonyl (C=O) groups is 1. The minimum absolute atomic E-state index is 0.0449. The molecule has 0 aromatic heterocycles. The molecule has 0 unspecified atom stereocenters. The lowest BCUT2D eigenvalue weighted by molar-refractivity contribution is 0.228. The second-order valence-electron chi connectivity index (χ2n) is 4.42. The monoisotopic (exact) mass is 284 g/mol. The Hall–Kier alpha value is -1.76. The van der Waals surface area contributed by atoms with Crippen LogP contribution >= 0.6 is 0 Å². The third-order valence-corrected chi connectivity index (χ3v) is 4.91. The van der Waals surface area contributed by atoms with Crippen molar-refractivity contribution in [2.75, 3.05) is 18.5 Å². The van der Waals surface area contributed by atoms with Gasteiger partial charge in [-0.3, -0.25) is 4.90 Å². The predicted octanol–water partition coefficient (Wildman–Crippen LogP) is 1.75. The van der Waals surface area contributed by atoms with Crippen molar-refractivity contribution < 1.29 is 18.3 Å².